The van der Waals surface area contributed by atoms with Crippen LogP contribution in [0.3, 0.4) is 0 Å². The van der Waals surface area contributed by atoms with Gasteiger partial charge in [-0.3, -0.25) is 10.1 Å². The van der Waals surface area contributed by atoms with Crippen molar-refractivity contribution < 1.29 is 4.79 Å². The lowest BCUT2D eigenvalue weighted by molar-refractivity contribution is -0.121. The zero-order valence-corrected chi connectivity index (χ0v) is 14.7. The largest absolute Gasteiger partial charge is 0.356 e. The molecule has 5 rings (SSSR count). The summed E-state index contributed by atoms with van der Waals surface area (Å²) in [6.45, 7) is 9.36. The van der Waals surface area contributed by atoms with Crippen molar-refractivity contribution in [2.75, 3.05) is 5.32 Å². The van der Waals surface area contributed by atoms with Crippen molar-refractivity contribution in [2.45, 2.75) is 24.9 Å². The molecule has 1 spiro atoms. The number of hydrogen-bond acceptors (Lipinski definition) is 2. The summed E-state index contributed by atoms with van der Waals surface area (Å²) in [5.74, 6) is -0.112. The summed E-state index contributed by atoms with van der Waals surface area (Å²) in [4.78, 5) is 20.1. The Hall–Kier alpha value is -2.81. The van der Waals surface area contributed by atoms with Crippen molar-refractivity contribution in [1.82, 2.24) is 10.3 Å². The average Bonchev–Trinajstić information content (AvgIpc) is 3.12. The molecule has 0 saturated carbocycles. The van der Waals surface area contributed by atoms with Gasteiger partial charge in [0.05, 0.1) is 12.3 Å². The lowest BCUT2D eigenvalue weighted by atomic mass is 9.80. The first kappa shape index (κ1) is 15.4. The number of nitrogens with one attached hydrogen (secondary N) is 3. The van der Waals surface area contributed by atoms with E-state index in [0.29, 0.717) is 10.7 Å². The van der Waals surface area contributed by atoms with Gasteiger partial charge in [-0.05, 0) is 54.6 Å². The van der Waals surface area contributed by atoms with Crippen molar-refractivity contribution in [3.63, 3.8) is 0 Å². The van der Waals surface area contributed by atoms with Gasteiger partial charge in [-0.1, -0.05) is 17.7 Å². The van der Waals surface area contributed by atoms with E-state index in [1.165, 1.54) is 0 Å². The summed E-state index contributed by atoms with van der Waals surface area (Å²) in [7, 11) is 0. The lowest BCUT2D eigenvalue weighted by Crippen LogP contribution is -2.56. The molecular formula is C20H15ClN4O. The van der Waals surface area contributed by atoms with Crippen molar-refractivity contribution in [2.24, 2.45) is 0 Å². The van der Waals surface area contributed by atoms with Crippen molar-refractivity contribution in [3.8, 4) is 0 Å². The van der Waals surface area contributed by atoms with E-state index in [2.05, 4.69) is 27.4 Å². The predicted octanol–water partition coefficient (Wildman–Crippen LogP) is 4.10. The van der Waals surface area contributed by atoms with Crippen LogP contribution in [0.15, 0.2) is 36.4 Å². The number of benzene rings is 2. The fraction of sp³-hybridized carbons (Fsp3) is 0.200. The van der Waals surface area contributed by atoms with Crippen LogP contribution >= 0.6 is 11.6 Å². The van der Waals surface area contributed by atoms with E-state index in [4.69, 9.17) is 18.2 Å². The van der Waals surface area contributed by atoms with Crippen LogP contribution < -0.4 is 10.6 Å². The van der Waals surface area contributed by atoms with Crippen molar-refractivity contribution in [3.05, 3.63) is 69.7 Å². The lowest BCUT2D eigenvalue weighted by Gasteiger charge is -2.37. The molecule has 1 aromatic heterocycles. The Morgan fingerprint density at radius 3 is 2.92 bits per heavy atom. The first-order chi connectivity index (χ1) is 12.5. The topological polar surface area (TPSA) is 61.3 Å². The molecule has 3 aromatic rings. The molecule has 26 heavy (non-hydrogen) atoms. The molecule has 0 radical (unpaired) electrons. The molecule has 2 aliphatic rings. The number of carbonyl (C=O) groups is 1. The van der Waals surface area contributed by atoms with E-state index in [0.717, 1.165) is 39.8 Å². The Morgan fingerprint density at radius 2 is 2.12 bits per heavy atom. The molecule has 2 unspecified atom stereocenters. The molecule has 0 aliphatic carbocycles. The Bertz CT molecular complexity index is 1140. The standard InChI is InChI=1S/C20H15ClN4O/c1-10-7-14-13-9-12(22-2)4-6-16(13)23-18(14)20(25-10)15-8-11(21)3-5-17(15)24-19(20)26/h3-6,8-10,23,25H,7H2,1H3,(H,24,26). The number of H-pyrrole nitrogens is 1. The van der Waals surface area contributed by atoms with Gasteiger partial charge in [-0.2, -0.15) is 0 Å². The number of hydrogen-bond donors (Lipinski definition) is 3. The highest BCUT2D eigenvalue weighted by Crippen LogP contribution is 2.47. The maximum absolute atomic E-state index is 13.1. The molecule has 128 valence electrons. The first-order valence-electron chi connectivity index (χ1n) is 8.44. The maximum Gasteiger partial charge on any atom is 0.255 e. The van der Waals surface area contributed by atoms with E-state index in [9.17, 15) is 4.79 Å². The third kappa shape index (κ3) is 1.86. The molecule has 2 aliphatic heterocycles. The highest BCUT2D eigenvalue weighted by atomic mass is 35.5. The van der Waals surface area contributed by atoms with Crippen LogP contribution in [0.2, 0.25) is 5.02 Å². The van der Waals surface area contributed by atoms with Gasteiger partial charge in [0.15, 0.2) is 11.2 Å². The second-order valence-electron chi connectivity index (χ2n) is 6.96. The van der Waals surface area contributed by atoms with E-state index < -0.39 is 5.54 Å². The molecule has 2 atom stereocenters. The first-order valence-corrected chi connectivity index (χ1v) is 8.82. The van der Waals surface area contributed by atoms with Gasteiger partial charge >= 0.3 is 0 Å². The summed E-state index contributed by atoms with van der Waals surface area (Å²) >= 11 is 6.24. The fourth-order valence-electron chi connectivity index (χ4n) is 4.30. The van der Waals surface area contributed by atoms with Crippen LogP contribution in [0.25, 0.3) is 15.7 Å². The Morgan fingerprint density at radius 1 is 1.27 bits per heavy atom. The van der Waals surface area contributed by atoms with Crippen LogP contribution in [0.1, 0.15) is 23.7 Å². The van der Waals surface area contributed by atoms with E-state index in [-0.39, 0.29) is 11.9 Å². The van der Waals surface area contributed by atoms with Gasteiger partial charge in [0.2, 0.25) is 0 Å². The molecular weight excluding hydrogens is 348 g/mol. The number of amides is 1. The fourth-order valence-corrected chi connectivity index (χ4v) is 4.47. The third-order valence-corrected chi connectivity index (χ3v) is 5.58. The quantitative estimate of drug-likeness (QED) is 0.527. The van der Waals surface area contributed by atoms with Crippen molar-refractivity contribution in [1.29, 1.82) is 0 Å². The van der Waals surface area contributed by atoms with E-state index in [1.54, 1.807) is 12.1 Å². The monoisotopic (exact) mass is 362 g/mol. The predicted molar refractivity (Wildman–Crippen MR) is 102 cm³/mol. The number of aromatic amines is 1. The molecule has 3 heterocycles. The van der Waals surface area contributed by atoms with Crippen LogP contribution in [0.4, 0.5) is 11.4 Å². The summed E-state index contributed by atoms with van der Waals surface area (Å²) in [6.07, 6.45) is 0.779. The summed E-state index contributed by atoms with van der Waals surface area (Å²) < 4.78 is 0. The van der Waals surface area contributed by atoms with E-state index in [1.807, 2.05) is 24.3 Å². The minimum atomic E-state index is -0.996. The SMILES string of the molecule is [C-]#[N+]c1ccc2[nH]c3c(c2c1)CC(C)NC31C(=O)Nc2ccc(Cl)cc21. The molecule has 1 amide bonds. The highest BCUT2D eigenvalue weighted by molar-refractivity contribution is 6.31. The van der Waals surface area contributed by atoms with Crippen molar-refractivity contribution >= 4 is 39.8 Å². The number of fused-ring (bicyclic) bond motifs is 6. The summed E-state index contributed by atoms with van der Waals surface area (Å²) in [6, 6.07) is 11.2. The second kappa shape index (κ2) is 5.10. The second-order valence-corrected chi connectivity index (χ2v) is 7.40. The zero-order chi connectivity index (χ0) is 18.1. The number of nitrogens with zero attached hydrogens (tertiary/aromatic N) is 1. The third-order valence-electron chi connectivity index (χ3n) is 5.34. The molecule has 0 bridgehead atoms. The molecule has 2 aromatic carbocycles. The van der Waals surface area contributed by atoms with Crippen LogP contribution in [0, 0.1) is 6.57 Å². The van der Waals surface area contributed by atoms with Gasteiger partial charge in [-0.15, -0.1) is 0 Å². The Labute approximate surface area is 155 Å². The van der Waals surface area contributed by atoms with Gasteiger partial charge in [0.25, 0.3) is 5.91 Å². The molecule has 0 fully saturated rings. The maximum atomic E-state index is 13.1. The molecule has 0 saturated heterocycles. The number of carbonyl (C=O) groups excluding carboxylic acids is 1. The number of halogens is 1. The van der Waals surface area contributed by atoms with E-state index >= 15 is 0 Å². The molecule has 5 nitrogen and oxygen atoms in total. The smallest absolute Gasteiger partial charge is 0.255 e. The van der Waals surface area contributed by atoms with Crippen LogP contribution in [-0.2, 0) is 16.8 Å². The summed E-state index contributed by atoms with van der Waals surface area (Å²) in [5.41, 5.74) is 4.06. The van der Waals surface area contributed by atoms with Crippen LogP contribution in [-0.4, -0.2) is 16.9 Å². The molecule has 3 N–H and O–H groups in total. The normalized spacial score (nSPS) is 23.6. The Kier molecular flexibility index (Phi) is 3.03. The highest BCUT2D eigenvalue weighted by Gasteiger charge is 2.53. The zero-order valence-electron chi connectivity index (χ0n) is 14.0. The van der Waals surface area contributed by atoms with Gasteiger partial charge < -0.3 is 10.3 Å². The Balaban J connectivity index is 1.86. The minimum Gasteiger partial charge on any atom is -0.356 e. The minimum absolute atomic E-state index is 0.0915. The van der Waals surface area contributed by atoms with Gasteiger partial charge in [0, 0.05) is 27.8 Å². The number of rotatable bonds is 0. The van der Waals surface area contributed by atoms with Gasteiger partial charge in [-0.25, -0.2) is 4.85 Å². The average molecular weight is 363 g/mol. The number of anilines is 1. The van der Waals surface area contributed by atoms with Crippen LogP contribution in [0.5, 0.6) is 0 Å². The van der Waals surface area contributed by atoms with Gasteiger partial charge in [0.1, 0.15) is 0 Å². The summed E-state index contributed by atoms with van der Waals surface area (Å²) in [5, 5.41) is 8.09. The number of aromatic nitrogens is 1. The molecule has 6 heteroatoms.